The number of hydrogen-bond acceptors (Lipinski definition) is 5. The van der Waals surface area contributed by atoms with Gasteiger partial charge in [0.15, 0.2) is 11.4 Å². The molecule has 1 spiro atoms. The van der Waals surface area contributed by atoms with Gasteiger partial charge in [0, 0.05) is 31.0 Å². The van der Waals surface area contributed by atoms with E-state index in [0.717, 1.165) is 37.0 Å². The van der Waals surface area contributed by atoms with Crippen molar-refractivity contribution in [1.29, 1.82) is 0 Å². The summed E-state index contributed by atoms with van der Waals surface area (Å²) in [6, 6.07) is 10.4. The van der Waals surface area contributed by atoms with E-state index in [1.54, 1.807) is 44.3 Å². The van der Waals surface area contributed by atoms with Crippen molar-refractivity contribution < 1.29 is 18.7 Å². The Morgan fingerprint density at radius 1 is 1.09 bits per heavy atom. The number of benzene rings is 1. The van der Waals surface area contributed by atoms with E-state index >= 15 is 0 Å². The summed E-state index contributed by atoms with van der Waals surface area (Å²) in [5.41, 5.74) is 3.03. The Hall–Kier alpha value is -2.90. The summed E-state index contributed by atoms with van der Waals surface area (Å²) >= 11 is 0. The van der Waals surface area contributed by atoms with Crippen LogP contribution in [0.2, 0.25) is 0 Å². The summed E-state index contributed by atoms with van der Waals surface area (Å²) in [6.45, 7) is 5.35. The van der Waals surface area contributed by atoms with Crippen LogP contribution in [0, 0.1) is 19.7 Å². The molecule has 0 radical (unpaired) electrons. The summed E-state index contributed by atoms with van der Waals surface area (Å²) in [5.74, 6) is -0.633. The smallest absolute Gasteiger partial charge is 0.253 e. The van der Waals surface area contributed by atoms with Crippen LogP contribution in [0.3, 0.4) is 0 Å². The first-order valence-corrected chi connectivity index (χ1v) is 11.5. The molecule has 5 rings (SSSR count). The van der Waals surface area contributed by atoms with Gasteiger partial charge in [-0.25, -0.2) is 14.4 Å². The summed E-state index contributed by atoms with van der Waals surface area (Å²) in [6.07, 6.45) is 7.81. The number of carbonyl (C=O) groups is 1. The monoisotopic (exact) mass is 451 g/mol. The number of nitrogens with one attached hydrogen (secondary N) is 1. The van der Waals surface area contributed by atoms with Gasteiger partial charge in [-0.15, -0.1) is 0 Å². The Morgan fingerprint density at radius 3 is 2.58 bits per heavy atom. The standard InChI is InChI=1S/C18H16FN3O.C8H14O2/c1-11-5-6-13(8-16(11)19)10-21-18(23)15-9-14-4-3-7-20-17(14)22-12(15)2;1-2-4-8(5-3-1)9-6-7-10-8/h3-9H,10H2,1-2H3,(H,21,23);1-7H2. The minimum absolute atomic E-state index is 0.127. The Kier molecular flexibility index (Phi) is 7.30. The molecule has 1 aliphatic carbocycles. The number of aryl methyl sites for hydroxylation is 2. The largest absolute Gasteiger partial charge is 0.348 e. The maximum absolute atomic E-state index is 13.5. The Labute approximate surface area is 193 Å². The first-order valence-electron chi connectivity index (χ1n) is 11.5. The first kappa shape index (κ1) is 23.3. The number of hydrogen-bond donors (Lipinski definition) is 1. The molecular weight excluding hydrogens is 421 g/mol. The van der Waals surface area contributed by atoms with E-state index in [2.05, 4.69) is 15.3 Å². The summed E-state index contributed by atoms with van der Waals surface area (Å²) in [5, 5.41) is 3.61. The van der Waals surface area contributed by atoms with E-state index in [1.165, 1.54) is 25.3 Å². The van der Waals surface area contributed by atoms with Gasteiger partial charge < -0.3 is 14.8 Å². The van der Waals surface area contributed by atoms with Gasteiger partial charge in [0.25, 0.3) is 5.91 Å². The SMILES string of the molecule is C1CCC2(CC1)OCCO2.Cc1ccc(CNC(=O)c2cc3cccnc3nc2C)cc1F. The van der Waals surface area contributed by atoms with E-state index < -0.39 is 0 Å². The third-order valence-corrected chi connectivity index (χ3v) is 6.14. The Balaban J connectivity index is 0.000000214. The van der Waals surface area contributed by atoms with Crippen molar-refractivity contribution in [3.8, 4) is 0 Å². The highest BCUT2D eigenvalue weighted by atomic mass is 19.1. The van der Waals surface area contributed by atoms with Crippen LogP contribution in [0.1, 0.15) is 59.3 Å². The van der Waals surface area contributed by atoms with Gasteiger partial charge in [0.1, 0.15) is 5.82 Å². The molecule has 1 aliphatic heterocycles. The number of carbonyl (C=O) groups excluding carboxylic acids is 1. The zero-order valence-corrected chi connectivity index (χ0v) is 19.2. The summed E-state index contributed by atoms with van der Waals surface area (Å²) < 4.78 is 24.7. The van der Waals surface area contributed by atoms with Crippen LogP contribution in [0.15, 0.2) is 42.6 Å². The fraction of sp³-hybridized carbons (Fsp3) is 0.423. The van der Waals surface area contributed by atoms with Crippen LogP contribution in [-0.2, 0) is 16.0 Å². The van der Waals surface area contributed by atoms with Crippen molar-refractivity contribution >= 4 is 16.9 Å². The zero-order valence-electron chi connectivity index (χ0n) is 19.2. The van der Waals surface area contributed by atoms with Crippen molar-refractivity contribution in [2.24, 2.45) is 0 Å². The Morgan fingerprint density at radius 2 is 1.85 bits per heavy atom. The highest BCUT2D eigenvalue weighted by molar-refractivity contribution is 5.98. The van der Waals surface area contributed by atoms with E-state index in [-0.39, 0.29) is 24.1 Å². The Bertz CT molecular complexity index is 1120. The van der Waals surface area contributed by atoms with Crippen LogP contribution in [0.4, 0.5) is 4.39 Å². The topological polar surface area (TPSA) is 73.3 Å². The predicted octanol–water partition coefficient (Wildman–Crippen LogP) is 5.01. The molecule has 1 saturated carbocycles. The highest BCUT2D eigenvalue weighted by Crippen LogP contribution is 2.35. The molecule has 7 heteroatoms. The van der Waals surface area contributed by atoms with Crippen molar-refractivity contribution in [1.82, 2.24) is 15.3 Å². The average molecular weight is 452 g/mol. The van der Waals surface area contributed by atoms with Gasteiger partial charge in [-0.1, -0.05) is 18.6 Å². The first-order chi connectivity index (χ1) is 16.0. The van der Waals surface area contributed by atoms with Gasteiger partial charge in [0.2, 0.25) is 0 Å². The number of halogens is 1. The van der Waals surface area contributed by atoms with Crippen LogP contribution < -0.4 is 5.32 Å². The molecule has 1 aromatic carbocycles. The molecule has 3 aromatic rings. The van der Waals surface area contributed by atoms with Crippen molar-refractivity contribution in [3.63, 3.8) is 0 Å². The molecular formula is C26H30FN3O3. The summed E-state index contributed by atoms with van der Waals surface area (Å²) in [4.78, 5) is 20.9. The van der Waals surface area contributed by atoms with E-state index in [1.807, 2.05) is 6.07 Å². The van der Waals surface area contributed by atoms with Crippen molar-refractivity contribution in [2.75, 3.05) is 13.2 Å². The molecule has 0 atom stereocenters. The highest BCUT2D eigenvalue weighted by Gasteiger charge is 2.37. The van der Waals surface area contributed by atoms with E-state index in [4.69, 9.17) is 9.47 Å². The quantitative estimate of drug-likeness (QED) is 0.606. The lowest BCUT2D eigenvalue weighted by Gasteiger charge is -2.30. The van der Waals surface area contributed by atoms with Gasteiger partial charge in [-0.2, -0.15) is 0 Å². The lowest BCUT2D eigenvalue weighted by molar-refractivity contribution is -0.176. The number of amides is 1. The van der Waals surface area contributed by atoms with Crippen molar-refractivity contribution in [3.05, 3.63) is 70.8 Å². The summed E-state index contributed by atoms with van der Waals surface area (Å²) in [7, 11) is 0. The number of rotatable bonds is 3. The van der Waals surface area contributed by atoms with E-state index in [9.17, 15) is 9.18 Å². The lowest BCUT2D eigenvalue weighted by atomic mass is 9.94. The molecule has 0 unspecified atom stereocenters. The third-order valence-electron chi connectivity index (χ3n) is 6.14. The van der Waals surface area contributed by atoms with Crippen LogP contribution in [-0.4, -0.2) is 34.9 Å². The molecule has 174 valence electrons. The van der Waals surface area contributed by atoms with Gasteiger partial charge in [-0.3, -0.25) is 4.79 Å². The molecule has 2 fully saturated rings. The second-order valence-corrected chi connectivity index (χ2v) is 8.61. The molecule has 0 bridgehead atoms. The molecule has 3 heterocycles. The fourth-order valence-electron chi connectivity index (χ4n) is 4.22. The molecule has 6 nitrogen and oxygen atoms in total. The molecule has 1 amide bonds. The molecule has 2 aromatic heterocycles. The van der Waals surface area contributed by atoms with E-state index in [0.29, 0.717) is 22.5 Å². The fourth-order valence-corrected chi connectivity index (χ4v) is 4.22. The van der Waals surface area contributed by atoms with Crippen LogP contribution in [0.5, 0.6) is 0 Å². The second-order valence-electron chi connectivity index (χ2n) is 8.61. The minimum atomic E-state index is -0.272. The molecule has 33 heavy (non-hydrogen) atoms. The van der Waals surface area contributed by atoms with Gasteiger partial charge >= 0.3 is 0 Å². The second kappa shape index (κ2) is 10.4. The van der Waals surface area contributed by atoms with Gasteiger partial charge in [0.05, 0.1) is 24.5 Å². The van der Waals surface area contributed by atoms with Gasteiger partial charge in [-0.05, 0) is 62.1 Å². The number of fused-ring (bicyclic) bond motifs is 1. The minimum Gasteiger partial charge on any atom is -0.348 e. The number of aromatic nitrogens is 2. The van der Waals surface area contributed by atoms with Crippen LogP contribution >= 0.6 is 0 Å². The van der Waals surface area contributed by atoms with Crippen molar-refractivity contribution in [2.45, 2.75) is 58.3 Å². The number of ether oxygens (including phenoxy) is 2. The maximum atomic E-state index is 13.5. The maximum Gasteiger partial charge on any atom is 0.253 e. The van der Waals surface area contributed by atoms with Crippen LogP contribution in [0.25, 0.3) is 11.0 Å². The zero-order chi connectivity index (χ0) is 23.3. The predicted molar refractivity (Wildman–Crippen MR) is 124 cm³/mol. The molecule has 2 aliphatic rings. The average Bonchev–Trinajstić information content (AvgIpc) is 3.27. The normalized spacial score (nSPS) is 16.9. The number of nitrogens with zero attached hydrogens (tertiary/aromatic N) is 2. The third kappa shape index (κ3) is 5.72. The number of pyridine rings is 2. The molecule has 1 N–H and O–H groups in total. The molecule has 1 saturated heterocycles. The lowest BCUT2D eigenvalue weighted by Crippen LogP contribution is -2.32.